The highest BCUT2D eigenvalue weighted by molar-refractivity contribution is 8.13. The van der Waals surface area contributed by atoms with Crippen molar-refractivity contribution < 1.29 is 14.1 Å². The van der Waals surface area contributed by atoms with E-state index < -0.39 is 18.3 Å². The molecule has 3 rings (SSSR count). The Balaban J connectivity index is 1.81. The molecular weight excluding hydrogens is 369 g/mol. The summed E-state index contributed by atoms with van der Waals surface area (Å²) in [5.41, 5.74) is 2.66. The van der Waals surface area contributed by atoms with Crippen LogP contribution in [0.15, 0.2) is 29.7 Å². The maximum atomic E-state index is 11.6. The van der Waals surface area contributed by atoms with Gasteiger partial charge in [0.05, 0.1) is 11.2 Å². The minimum Gasteiger partial charge on any atom is -0.400 e. The van der Waals surface area contributed by atoms with E-state index in [1.54, 1.807) is 6.92 Å². The number of likely N-dealkylation sites (tertiary alicyclic amines) is 1. The molecule has 0 aromatic heterocycles. The SMILES string of the molecule is CC(=O)SCC(=Cc1cccc(CN2CCCC2)c1)B1OC(C)(C)C(C)(C)O1. The molecule has 28 heavy (non-hydrogen) atoms. The number of thioether (sulfide) groups is 1. The molecule has 1 aromatic rings. The van der Waals surface area contributed by atoms with E-state index in [0.29, 0.717) is 5.75 Å². The van der Waals surface area contributed by atoms with Gasteiger partial charge in [-0.3, -0.25) is 9.69 Å². The molecule has 0 amide bonds. The van der Waals surface area contributed by atoms with Crippen LogP contribution in [0.4, 0.5) is 0 Å². The predicted octanol–water partition coefficient (Wildman–Crippen LogP) is 4.58. The average molecular weight is 401 g/mol. The molecule has 2 saturated heterocycles. The number of benzene rings is 1. The Morgan fingerprint density at radius 1 is 1.18 bits per heavy atom. The van der Waals surface area contributed by atoms with Crippen molar-refractivity contribution in [3.63, 3.8) is 0 Å². The van der Waals surface area contributed by atoms with E-state index in [9.17, 15) is 4.79 Å². The number of nitrogens with zero attached hydrogens (tertiary/aromatic N) is 1. The van der Waals surface area contributed by atoms with Gasteiger partial charge in [0.1, 0.15) is 0 Å². The molecule has 6 heteroatoms. The predicted molar refractivity (Wildman–Crippen MR) is 118 cm³/mol. The van der Waals surface area contributed by atoms with Crippen LogP contribution in [0.1, 0.15) is 58.6 Å². The molecular formula is C22H32BNO3S. The van der Waals surface area contributed by atoms with Crippen molar-refractivity contribution in [1.82, 2.24) is 4.90 Å². The van der Waals surface area contributed by atoms with Crippen LogP contribution < -0.4 is 0 Å². The second-order valence-corrected chi connectivity index (χ2v) is 9.97. The number of carbonyl (C=O) groups excluding carboxylic acids is 1. The summed E-state index contributed by atoms with van der Waals surface area (Å²) in [6, 6.07) is 8.64. The van der Waals surface area contributed by atoms with Gasteiger partial charge in [-0.05, 0) is 70.2 Å². The summed E-state index contributed by atoms with van der Waals surface area (Å²) >= 11 is 1.30. The number of carbonyl (C=O) groups is 1. The third-order valence-electron chi connectivity index (χ3n) is 5.91. The molecule has 0 saturated carbocycles. The van der Waals surface area contributed by atoms with Gasteiger partial charge >= 0.3 is 7.12 Å². The van der Waals surface area contributed by atoms with Crippen molar-refractivity contribution in [3.8, 4) is 0 Å². The lowest BCUT2D eigenvalue weighted by atomic mass is 9.78. The molecule has 0 N–H and O–H groups in total. The summed E-state index contributed by atoms with van der Waals surface area (Å²) in [6.45, 7) is 13.2. The second-order valence-electron chi connectivity index (χ2n) is 8.82. The maximum absolute atomic E-state index is 11.6. The Kier molecular flexibility index (Phi) is 6.75. The highest BCUT2D eigenvalue weighted by Gasteiger charge is 2.52. The topological polar surface area (TPSA) is 38.8 Å². The lowest BCUT2D eigenvalue weighted by molar-refractivity contribution is -0.109. The molecule has 4 nitrogen and oxygen atoms in total. The van der Waals surface area contributed by atoms with E-state index in [1.807, 2.05) is 0 Å². The quantitative estimate of drug-likeness (QED) is 0.653. The first-order chi connectivity index (χ1) is 13.2. The molecule has 2 aliphatic rings. The van der Waals surface area contributed by atoms with Crippen LogP contribution in [-0.4, -0.2) is 47.2 Å². The Labute approximate surface area is 174 Å². The molecule has 0 bridgehead atoms. The number of rotatable bonds is 6. The van der Waals surface area contributed by atoms with Crippen molar-refractivity contribution >= 4 is 30.1 Å². The van der Waals surface area contributed by atoms with Gasteiger partial charge in [-0.15, -0.1) is 0 Å². The Morgan fingerprint density at radius 3 is 2.43 bits per heavy atom. The molecule has 0 radical (unpaired) electrons. The zero-order valence-corrected chi connectivity index (χ0v) is 18.6. The van der Waals surface area contributed by atoms with Crippen molar-refractivity contribution in [1.29, 1.82) is 0 Å². The van der Waals surface area contributed by atoms with Crippen LogP contribution in [0.2, 0.25) is 0 Å². The molecule has 152 valence electrons. The zero-order chi connectivity index (χ0) is 20.4. The third-order valence-corrected chi connectivity index (χ3v) is 6.79. The van der Waals surface area contributed by atoms with Gasteiger partial charge in [-0.2, -0.15) is 0 Å². The van der Waals surface area contributed by atoms with Gasteiger partial charge in [0, 0.05) is 19.2 Å². The molecule has 0 spiro atoms. The fourth-order valence-electron chi connectivity index (χ4n) is 3.55. The first kappa shape index (κ1) is 21.6. The van der Waals surface area contributed by atoms with Crippen molar-refractivity contribution in [3.05, 3.63) is 40.9 Å². The van der Waals surface area contributed by atoms with E-state index >= 15 is 0 Å². The summed E-state index contributed by atoms with van der Waals surface area (Å²) in [7, 11) is -0.431. The highest BCUT2D eigenvalue weighted by atomic mass is 32.2. The standard InChI is InChI=1S/C22H32BNO3S/c1-17(25)28-16-20(23-26-21(2,3)22(4,5)27-23)14-18-9-8-10-19(13-18)15-24-11-6-7-12-24/h8-10,13-14H,6-7,11-12,15-16H2,1-5H3. The Hall–Kier alpha value is -1.08. The minimum atomic E-state index is -0.431. The molecule has 0 aliphatic carbocycles. The van der Waals surface area contributed by atoms with Gasteiger partial charge in [-0.1, -0.05) is 42.1 Å². The van der Waals surface area contributed by atoms with Crippen LogP contribution in [-0.2, 0) is 20.6 Å². The first-order valence-electron chi connectivity index (χ1n) is 10.2. The summed E-state index contributed by atoms with van der Waals surface area (Å²) in [5, 5.41) is 0.102. The van der Waals surface area contributed by atoms with Gasteiger partial charge in [0.15, 0.2) is 5.12 Å². The number of hydrogen-bond donors (Lipinski definition) is 0. The van der Waals surface area contributed by atoms with Crippen LogP contribution in [0.25, 0.3) is 6.08 Å². The van der Waals surface area contributed by atoms with Gasteiger partial charge in [-0.25, -0.2) is 0 Å². The minimum absolute atomic E-state index is 0.102. The lowest BCUT2D eigenvalue weighted by Crippen LogP contribution is -2.41. The maximum Gasteiger partial charge on any atom is 0.491 e. The van der Waals surface area contributed by atoms with Crippen molar-refractivity contribution in [2.24, 2.45) is 0 Å². The zero-order valence-electron chi connectivity index (χ0n) is 17.8. The van der Waals surface area contributed by atoms with Crippen LogP contribution >= 0.6 is 11.8 Å². The van der Waals surface area contributed by atoms with Crippen molar-refractivity contribution in [2.75, 3.05) is 18.8 Å². The molecule has 0 atom stereocenters. The summed E-state index contributed by atoms with van der Waals surface area (Å²) in [5.74, 6) is 0.572. The number of hydrogen-bond acceptors (Lipinski definition) is 5. The highest BCUT2D eigenvalue weighted by Crippen LogP contribution is 2.39. The van der Waals surface area contributed by atoms with E-state index in [4.69, 9.17) is 9.31 Å². The molecule has 2 heterocycles. The average Bonchev–Trinajstić information content (AvgIpc) is 3.17. The molecule has 0 unspecified atom stereocenters. The Morgan fingerprint density at radius 2 is 1.82 bits per heavy atom. The van der Waals surface area contributed by atoms with Crippen LogP contribution in [0.3, 0.4) is 0 Å². The largest absolute Gasteiger partial charge is 0.491 e. The van der Waals surface area contributed by atoms with E-state index in [1.165, 1.54) is 43.3 Å². The van der Waals surface area contributed by atoms with Gasteiger partial charge < -0.3 is 9.31 Å². The van der Waals surface area contributed by atoms with Crippen LogP contribution in [0.5, 0.6) is 0 Å². The summed E-state index contributed by atoms with van der Waals surface area (Å²) in [4.78, 5) is 14.1. The Bertz CT molecular complexity index is 725. The molecule has 2 fully saturated rings. The van der Waals surface area contributed by atoms with Crippen LogP contribution in [0, 0.1) is 0 Å². The second kappa shape index (κ2) is 8.74. The third kappa shape index (κ3) is 5.29. The molecule has 1 aromatic carbocycles. The fourth-order valence-corrected chi connectivity index (χ4v) is 4.14. The van der Waals surface area contributed by atoms with Crippen molar-refractivity contribution in [2.45, 2.75) is 65.2 Å². The van der Waals surface area contributed by atoms with E-state index in [0.717, 1.165) is 17.6 Å². The summed E-state index contributed by atoms with van der Waals surface area (Å²) < 4.78 is 12.5. The van der Waals surface area contributed by atoms with E-state index in [-0.39, 0.29) is 5.12 Å². The molecule has 2 aliphatic heterocycles. The monoisotopic (exact) mass is 401 g/mol. The smallest absolute Gasteiger partial charge is 0.400 e. The van der Waals surface area contributed by atoms with E-state index in [2.05, 4.69) is 62.9 Å². The normalized spacial score (nSPS) is 22.0. The lowest BCUT2D eigenvalue weighted by Gasteiger charge is -2.32. The van der Waals surface area contributed by atoms with Gasteiger partial charge in [0.25, 0.3) is 0 Å². The fraction of sp³-hybridized carbons (Fsp3) is 0.591. The summed E-state index contributed by atoms with van der Waals surface area (Å²) in [6.07, 6.45) is 4.73. The first-order valence-corrected chi connectivity index (χ1v) is 11.2. The van der Waals surface area contributed by atoms with Gasteiger partial charge in [0.2, 0.25) is 0 Å².